The predicted molar refractivity (Wildman–Crippen MR) is 36.4 cm³/mol. The zero-order chi connectivity index (χ0) is 7.28. The van der Waals surface area contributed by atoms with Crippen LogP contribution in [0.3, 0.4) is 0 Å². The van der Waals surface area contributed by atoms with Gasteiger partial charge in [0.25, 0.3) is 0 Å². The maximum absolute atomic E-state index is 10.6. The molecule has 0 aromatic heterocycles. The number of carbonyl (C=O) groups is 1. The molecule has 0 heterocycles. The average Bonchev–Trinajstić information content (AvgIpc) is 1.90. The normalized spacial score (nSPS) is 10.6. The first-order valence-corrected chi connectivity index (χ1v) is 3.79. The van der Waals surface area contributed by atoms with Crippen LogP contribution in [-0.2, 0) is 9.36 Å². The van der Waals surface area contributed by atoms with Gasteiger partial charge < -0.3 is 0 Å². The van der Waals surface area contributed by atoms with Crippen molar-refractivity contribution in [1.82, 2.24) is 0 Å². The number of rotatable bonds is 4. The quantitative estimate of drug-likeness (QED) is 0.568. The lowest BCUT2D eigenvalue weighted by Crippen LogP contribution is -2.02. The number of carbonyl (C=O) groups excluding carboxylic acids is 1. The molecule has 0 rings (SSSR count). The molecule has 9 heavy (non-hydrogen) atoms. The van der Waals surface area contributed by atoms with Gasteiger partial charge >= 0.3 is 0 Å². The van der Waals surface area contributed by atoms with E-state index in [0.29, 0.717) is 12.8 Å². The van der Waals surface area contributed by atoms with Crippen molar-refractivity contribution >= 4 is 14.0 Å². The second-order valence-electron chi connectivity index (χ2n) is 1.71. The fourth-order valence-electron chi connectivity index (χ4n) is 0.617. The summed E-state index contributed by atoms with van der Waals surface area (Å²) in [6.45, 7) is 3.78. The van der Waals surface area contributed by atoms with E-state index in [4.69, 9.17) is 0 Å². The lowest BCUT2D eigenvalue weighted by Gasteiger charge is -2.01. The van der Waals surface area contributed by atoms with E-state index in [0.717, 1.165) is 5.92 Å². The number of hydrogen-bond donors (Lipinski definition) is 0. The molecule has 0 aliphatic heterocycles. The highest BCUT2D eigenvalue weighted by molar-refractivity contribution is 7.46. The van der Waals surface area contributed by atoms with Crippen LogP contribution in [0.5, 0.6) is 0 Å². The Balaban J connectivity index is 3.78. The molecule has 0 fully saturated rings. The third kappa shape index (κ3) is 2.71. The van der Waals surface area contributed by atoms with Crippen LogP contribution in [0.2, 0.25) is 0 Å². The Labute approximate surface area is 56.8 Å². The van der Waals surface area contributed by atoms with E-state index >= 15 is 0 Å². The molecule has 0 unspecified atom stereocenters. The Morgan fingerprint density at radius 2 is 1.78 bits per heavy atom. The summed E-state index contributed by atoms with van der Waals surface area (Å²) in [4.78, 5) is 10.6. The van der Waals surface area contributed by atoms with E-state index in [9.17, 15) is 9.36 Å². The van der Waals surface area contributed by atoms with Gasteiger partial charge in [0.15, 0.2) is 0 Å². The van der Waals surface area contributed by atoms with Gasteiger partial charge in [-0.1, -0.05) is 13.8 Å². The Morgan fingerprint density at radius 3 is 1.89 bits per heavy atom. The number of hydrogen-bond acceptors (Lipinski definition) is 2. The Hall–Kier alpha value is -0.230. The summed E-state index contributed by atoms with van der Waals surface area (Å²) in [6.07, 6.45) is 1.43. The van der Waals surface area contributed by atoms with E-state index in [-0.39, 0.29) is 14.0 Å². The third-order valence-electron chi connectivity index (χ3n) is 1.24. The highest BCUT2D eigenvalue weighted by Gasteiger charge is 2.13. The molecule has 0 atom stereocenters. The van der Waals surface area contributed by atoms with Crippen LogP contribution in [0.4, 0.5) is 0 Å². The molecule has 1 radical (unpaired) electrons. The molecule has 2 nitrogen and oxygen atoms in total. The maximum atomic E-state index is 10.6. The molecule has 0 aliphatic carbocycles. The van der Waals surface area contributed by atoms with Crippen molar-refractivity contribution in [3.8, 4) is 0 Å². The van der Waals surface area contributed by atoms with E-state index < -0.39 is 0 Å². The first-order valence-electron chi connectivity index (χ1n) is 2.98. The SMILES string of the molecule is CC[C](CC)C(=O)P=O. The van der Waals surface area contributed by atoms with Crippen LogP contribution in [0.15, 0.2) is 0 Å². The minimum Gasteiger partial charge on any atom is -0.285 e. The minimum absolute atomic E-state index is 0.250. The molecule has 0 aromatic carbocycles. The highest BCUT2D eigenvalue weighted by atomic mass is 31.1. The molecule has 0 aromatic rings. The van der Waals surface area contributed by atoms with Crippen LogP contribution >= 0.6 is 8.46 Å². The van der Waals surface area contributed by atoms with Crippen LogP contribution in [0, 0.1) is 5.92 Å². The lowest BCUT2D eigenvalue weighted by atomic mass is 10.1. The van der Waals surface area contributed by atoms with Gasteiger partial charge in [-0.05, 0) is 12.8 Å². The summed E-state index contributed by atoms with van der Waals surface area (Å²) >= 11 is 0. The minimum atomic E-state index is -0.372. The van der Waals surface area contributed by atoms with Gasteiger partial charge in [-0.15, -0.1) is 0 Å². The van der Waals surface area contributed by atoms with Crippen LogP contribution in [0.1, 0.15) is 26.7 Å². The molecule has 0 spiro atoms. The molecule has 0 saturated carbocycles. The fraction of sp³-hybridized carbons (Fsp3) is 0.667. The van der Waals surface area contributed by atoms with Crippen LogP contribution < -0.4 is 0 Å². The van der Waals surface area contributed by atoms with Crippen molar-refractivity contribution in [2.24, 2.45) is 0 Å². The second kappa shape index (κ2) is 4.63. The lowest BCUT2D eigenvalue weighted by molar-refractivity contribution is -0.110. The summed E-state index contributed by atoms with van der Waals surface area (Å²) in [7, 11) is -0.372. The first kappa shape index (κ1) is 8.77. The van der Waals surface area contributed by atoms with Gasteiger partial charge in [-0.3, -0.25) is 9.36 Å². The summed E-state index contributed by atoms with van der Waals surface area (Å²) in [5.74, 6) is 0.756. The van der Waals surface area contributed by atoms with Crippen LogP contribution in [-0.4, -0.2) is 5.52 Å². The van der Waals surface area contributed by atoms with Gasteiger partial charge in [-0.2, -0.15) is 0 Å². The molecule has 51 valence electrons. The van der Waals surface area contributed by atoms with Crippen LogP contribution in [0.25, 0.3) is 0 Å². The molecule has 0 amide bonds. The second-order valence-corrected chi connectivity index (χ2v) is 2.30. The molecule has 0 saturated heterocycles. The van der Waals surface area contributed by atoms with Gasteiger partial charge in [0.05, 0.1) is 5.92 Å². The topological polar surface area (TPSA) is 34.1 Å². The summed E-state index contributed by atoms with van der Waals surface area (Å²) < 4.78 is 9.99. The zero-order valence-corrected chi connectivity index (χ0v) is 6.57. The van der Waals surface area contributed by atoms with E-state index in [1.54, 1.807) is 0 Å². The summed E-state index contributed by atoms with van der Waals surface area (Å²) in [5, 5.41) is 0. The summed E-state index contributed by atoms with van der Waals surface area (Å²) in [5.41, 5.74) is -0.250. The molecule has 0 aliphatic rings. The van der Waals surface area contributed by atoms with E-state index in [2.05, 4.69) is 0 Å². The maximum Gasteiger partial charge on any atom is 0.232 e. The highest BCUT2D eigenvalue weighted by Crippen LogP contribution is 2.17. The van der Waals surface area contributed by atoms with E-state index in [1.807, 2.05) is 13.8 Å². The molecular formula is C6H10O2P. The van der Waals surface area contributed by atoms with Crippen molar-refractivity contribution in [3.05, 3.63) is 5.92 Å². The molecule has 0 bridgehead atoms. The molecular weight excluding hydrogens is 135 g/mol. The van der Waals surface area contributed by atoms with Crippen molar-refractivity contribution in [3.63, 3.8) is 0 Å². The fourth-order valence-corrected chi connectivity index (χ4v) is 1.06. The zero-order valence-electron chi connectivity index (χ0n) is 5.68. The van der Waals surface area contributed by atoms with Crippen molar-refractivity contribution in [2.75, 3.05) is 0 Å². The molecule has 3 heteroatoms. The predicted octanol–water partition coefficient (Wildman–Crippen LogP) is 2.20. The monoisotopic (exact) mass is 145 g/mol. The third-order valence-corrected chi connectivity index (χ3v) is 1.72. The average molecular weight is 145 g/mol. The van der Waals surface area contributed by atoms with E-state index in [1.165, 1.54) is 0 Å². The largest absolute Gasteiger partial charge is 0.285 e. The standard InChI is InChI=1S/C6H10O2P/c1-3-5(4-2)6(7)9-8/h3-4H2,1-2H3. The summed E-state index contributed by atoms with van der Waals surface area (Å²) in [6, 6.07) is 0. The van der Waals surface area contributed by atoms with Crippen molar-refractivity contribution in [2.45, 2.75) is 26.7 Å². The van der Waals surface area contributed by atoms with Gasteiger partial charge in [0.2, 0.25) is 14.0 Å². The first-order chi connectivity index (χ1) is 4.26. The Kier molecular flexibility index (Phi) is 4.51. The van der Waals surface area contributed by atoms with Gasteiger partial charge in [0.1, 0.15) is 0 Å². The van der Waals surface area contributed by atoms with Gasteiger partial charge in [-0.25, -0.2) is 0 Å². The Bertz CT molecular complexity index is 108. The molecule has 0 N–H and O–H groups in total. The van der Waals surface area contributed by atoms with Crippen molar-refractivity contribution in [1.29, 1.82) is 0 Å². The van der Waals surface area contributed by atoms with Crippen molar-refractivity contribution < 1.29 is 9.36 Å². The Morgan fingerprint density at radius 1 is 1.33 bits per heavy atom. The smallest absolute Gasteiger partial charge is 0.232 e. The van der Waals surface area contributed by atoms with Gasteiger partial charge in [0, 0.05) is 0 Å².